The lowest BCUT2D eigenvalue weighted by Crippen LogP contribution is -2.55. The summed E-state index contributed by atoms with van der Waals surface area (Å²) in [5, 5.41) is 7.49. The van der Waals surface area contributed by atoms with Gasteiger partial charge in [0.1, 0.15) is 6.54 Å². The van der Waals surface area contributed by atoms with Crippen molar-refractivity contribution in [2.24, 2.45) is 12.0 Å². The minimum absolute atomic E-state index is 0.0846. The number of nitrogens with one attached hydrogen (secondary N) is 1. The fourth-order valence-electron chi connectivity index (χ4n) is 3.27. The Hall–Kier alpha value is -2.09. The maximum Gasteiger partial charge on any atom is 0.246 e. The summed E-state index contributed by atoms with van der Waals surface area (Å²) in [5.41, 5.74) is 0.862. The molecule has 1 amide bonds. The molecule has 0 spiro atoms. The van der Waals surface area contributed by atoms with E-state index in [-0.39, 0.29) is 5.91 Å². The number of piperazine rings is 1. The van der Waals surface area contributed by atoms with E-state index in [0.717, 1.165) is 63.8 Å². The average Bonchev–Trinajstić information content (AvgIpc) is 3.09. The molecule has 0 aromatic carbocycles. The Kier molecular flexibility index (Phi) is 8.57. The Balaban J connectivity index is 1.86. The van der Waals surface area contributed by atoms with Gasteiger partial charge in [-0.05, 0) is 39.4 Å². The first-order chi connectivity index (χ1) is 13.1. The molecular weight excluding hydrogens is 342 g/mol. The van der Waals surface area contributed by atoms with Crippen molar-refractivity contribution in [3.05, 3.63) is 12.4 Å². The van der Waals surface area contributed by atoms with Gasteiger partial charge in [0, 0.05) is 39.4 Å². The number of aryl methyl sites for hydroxylation is 1. The summed E-state index contributed by atoms with van der Waals surface area (Å²) in [4.78, 5) is 23.6. The van der Waals surface area contributed by atoms with Crippen LogP contribution in [-0.4, -0.2) is 83.8 Å². The van der Waals surface area contributed by atoms with Crippen LogP contribution in [0, 0.1) is 0 Å². The number of amides is 1. The zero-order chi connectivity index (χ0) is 19.6. The van der Waals surface area contributed by atoms with E-state index in [1.165, 1.54) is 0 Å². The molecule has 152 valence electrons. The van der Waals surface area contributed by atoms with Crippen LogP contribution in [0.25, 0.3) is 0 Å². The molecule has 1 aromatic rings. The highest BCUT2D eigenvalue weighted by atomic mass is 16.2. The van der Waals surface area contributed by atoms with Gasteiger partial charge in [-0.25, -0.2) is 0 Å². The third-order valence-corrected chi connectivity index (χ3v) is 4.90. The number of rotatable bonds is 9. The van der Waals surface area contributed by atoms with Crippen LogP contribution in [0.15, 0.2) is 17.4 Å². The molecule has 8 nitrogen and oxygen atoms in total. The summed E-state index contributed by atoms with van der Waals surface area (Å²) >= 11 is 0. The van der Waals surface area contributed by atoms with Gasteiger partial charge < -0.3 is 20.0 Å². The molecule has 8 heteroatoms. The Labute approximate surface area is 163 Å². The molecule has 2 rings (SSSR count). The summed E-state index contributed by atoms with van der Waals surface area (Å²) < 4.78 is 1.72. The van der Waals surface area contributed by atoms with Crippen LogP contribution in [0.2, 0.25) is 0 Å². The van der Waals surface area contributed by atoms with Crippen molar-refractivity contribution in [1.82, 2.24) is 24.9 Å². The van der Waals surface area contributed by atoms with E-state index in [0.29, 0.717) is 13.1 Å². The number of carbonyl (C=O) groups excluding carboxylic acids is 1. The number of nitrogens with zero attached hydrogens (tertiary/aromatic N) is 6. The van der Waals surface area contributed by atoms with Crippen molar-refractivity contribution in [1.29, 1.82) is 0 Å². The Morgan fingerprint density at radius 2 is 2.04 bits per heavy atom. The van der Waals surface area contributed by atoms with E-state index in [9.17, 15) is 4.79 Å². The first-order valence-corrected chi connectivity index (χ1v) is 10.1. The maximum atomic E-state index is 12.6. The first kappa shape index (κ1) is 21.2. The molecule has 0 aliphatic carbocycles. The highest BCUT2D eigenvalue weighted by Crippen LogP contribution is 2.16. The van der Waals surface area contributed by atoms with Crippen molar-refractivity contribution in [2.75, 3.05) is 57.3 Å². The molecule has 1 saturated heterocycles. The third kappa shape index (κ3) is 6.23. The van der Waals surface area contributed by atoms with Gasteiger partial charge in [-0.3, -0.25) is 14.5 Å². The number of aromatic nitrogens is 2. The van der Waals surface area contributed by atoms with Gasteiger partial charge in [-0.2, -0.15) is 5.10 Å². The SMILES string of the molecule is CCNC(=NCCCCN(CC)CC)N1CCN(c2cnn(C)c2)C(=O)C1. The second-order valence-electron chi connectivity index (χ2n) is 6.81. The number of guanidine groups is 1. The Bertz CT molecular complexity index is 609. The van der Waals surface area contributed by atoms with Gasteiger partial charge in [-0.15, -0.1) is 0 Å². The van der Waals surface area contributed by atoms with E-state index in [1.54, 1.807) is 15.8 Å². The minimum Gasteiger partial charge on any atom is -0.357 e. The molecule has 0 saturated carbocycles. The quantitative estimate of drug-likeness (QED) is 0.397. The molecule has 0 atom stereocenters. The number of carbonyl (C=O) groups is 1. The molecule has 0 radical (unpaired) electrons. The first-order valence-electron chi connectivity index (χ1n) is 10.1. The van der Waals surface area contributed by atoms with Gasteiger partial charge in [-0.1, -0.05) is 13.8 Å². The van der Waals surface area contributed by atoms with Gasteiger partial charge in [0.25, 0.3) is 0 Å². The lowest BCUT2D eigenvalue weighted by molar-refractivity contribution is -0.120. The standard InChI is InChI=1S/C19H35N7O/c1-5-20-19(21-10-8-9-11-24(6-2)7-3)25-12-13-26(18(27)16-25)17-14-22-23(4)15-17/h14-15H,5-13,16H2,1-4H3,(H,20,21). The summed E-state index contributed by atoms with van der Waals surface area (Å²) in [6.45, 7) is 13.2. The van der Waals surface area contributed by atoms with E-state index in [4.69, 9.17) is 4.99 Å². The number of hydrogen-bond donors (Lipinski definition) is 1. The van der Waals surface area contributed by atoms with Gasteiger partial charge in [0.15, 0.2) is 5.96 Å². The van der Waals surface area contributed by atoms with Crippen LogP contribution >= 0.6 is 0 Å². The van der Waals surface area contributed by atoms with Crippen LogP contribution in [-0.2, 0) is 11.8 Å². The topological polar surface area (TPSA) is 69.0 Å². The monoisotopic (exact) mass is 377 g/mol. The highest BCUT2D eigenvalue weighted by Gasteiger charge is 2.27. The molecule has 1 aliphatic rings. The molecule has 27 heavy (non-hydrogen) atoms. The van der Waals surface area contributed by atoms with E-state index >= 15 is 0 Å². The average molecular weight is 378 g/mol. The van der Waals surface area contributed by atoms with Crippen LogP contribution in [0.5, 0.6) is 0 Å². The second-order valence-corrected chi connectivity index (χ2v) is 6.81. The van der Waals surface area contributed by atoms with Crippen molar-refractivity contribution in [3.8, 4) is 0 Å². The lowest BCUT2D eigenvalue weighted by atomic mass is 10.3. The molecule has 0 unspecified atom stereocenters. The van der Waals surface area contributed by atoms with E-state index in [2.05, 4.69) is 41.0 Å². The number of hydrogen-bond acceptors (Lipinski definition) is 4. The van der Waals surface area contributed by atoms with E-state index in [1.807, 2.05) is 13.2 Å². The molecule has 1 N–H and O–H groups in total. The predicted molar refractivity (Wildman–Crippen MR) is 110 cm³/mol. The van der Waals surface area contributed by atoms with Crippen molar-refractivity contribution >= 4 is 17.6 Å². The van der Waals surface area contributed by atoms with Crippen molar-refractivity contribution < 1.29 is 4.79 Å². The van der Waals surface area contributed by atoms with E-state index < -0.39 is 0 Å². The zero-order valence-corrected chi connectivity index (χ0v) is 17.3. The van der Waals surface area contributed by atoms with Gasteiger partial charge >= 0.3 is 0 Å². The number of unbranched alkanes of at least 4 members (excludes halogenated alkanes) is 1. The molecular formula is C19H35N7O. The third-order valence-electron chi connectivity index (χ3n) is 4.90. The van der Waals surface area contributed by atoms with Crippen molar-refractivity contribution in [3.63, 3.8) is 0 Å². The number of aliphatic imine (C=N–C) groups is 1. The van der Waals surface area contributed by atoms with Crippen LogP contribution < -0.4 is 10.2 Å². The second kappa shape index (κ2) is 10.9. The van der Waals surface area contributed by atoms with Crippen molar-refractivity contribution in [2.45, 2.75) is 33.6 Å². The van der Waals surface area contributed by atoms with Crippen LogP contribution in [0.1, 0.15) is 33.6 Å². The molecule has 2 heterocycles. The summed E-state index contributed by atoms with van der Waals surface area (Å²) in [7, 11) is 1.86. The fraction of sp³-hybridized carbons (Fsp3) is 0.737. The zero-order valence-electron chi connectivity index (χ0n) is 17.3. The molecule has 0 bridgehead atoms. The Morgan fingerprint density at radius 1 is 1.26 bits per heavy atom. The highest BCUT2D eigenvalue weighted by molar-refractivity contribution is 5.98. The smallest absolute Gasteiger partial charge is 0.246 e. The largest absolute Gasteiger partial charge is 0.357 e. The Morgan fingerprint density at radius 3 is 2.63 bits per heavy atom. The van der Waals surface area contributed by atoms with Crippen LogP contribution in [0.3, 0.4) is 0 Å². The predicted octanol–water partition coefficient (Wildman–Crippen LogP) is 1.16. The van der Waals surface area contributed by atoms with Gasteiger partial charge in [0.2, 0.25) is 5.91 Å². The molecule has 1 fully saturated rings. The maximum absolute atomic E-state index is 12.6. The summed E-state index contributed by atoms with van der Waals surface area (Å²) in [6.07, 6.45) is 5.83. The molecule has 1 aromatic heterocycles. The molecule has 1 aliphatic heterocycles. The van der Waals surface area contributed by atoms with Crippen LogP contribution in [0.4, 0.5) is 5.69 Å². The minimum atomic E-state index is 0.0846. The lowest BCUT2D eigenvalue weighted by Gasteiger charge is -2.35. The number of anilines is 1. The normalized spacial score (nSPS) is 15.7. The fourth-order valence-corrected chi connectivity index (χ4v) is 3.27. The summed E-state index contributed by atoms with van der Waals surface area (Å²) in [6, 6.07) is 0. The van der Waals surface area contributed by atoms with Gasteiger partial charge in [0.05, 0.1) is 11.9 Å². The summed E-state index contributed by atoms with van der Waals surface area (Å²) in [5.74, 6) is 0.931.